The third kappa shape index (κ3) is 3.97. The number of azo groups is 1. The summed E-state index contributed by atoms with van der Waals surface area (Å²) in [7, 11) is 0. The van der Waals surface area contributed by atoms with E-state index >= 15 is 0 Å². The Hall–Kier alpha value is -3.37. The summed E-state index contributed by atoms with van der Waals surface area (Å²) < 4.78 is 78.6. The summed E-state index contributed by atoms with van der Waals surface area (Å²) in [5, 5.41) is 8.59. The van der Waals surface area contributed by atoms with Crippen LogP contribution in [0.2, 0.25) is 0 Å². The average Bonchev–Trinajstić information content (AvgIpc) is 2.97. The Bertz CT molecular complexity index is 1060. The number of halogens is 6. The molecule has 0 aliphatic carbocycles. The number of aromatic amines is 1. The van der Waals surface area contributed by atoms with Crippen molar-refractivity contribution >= 4 is 11.4 Å². The normalized spacial score (nSPS) is 12.6. The van der Waals surface area contributed by atoms with Crippen LogP contribution in [0.3, 0.4) is 0 Å². The number of hydrogen-bond donors (Lipinski definition) is 1. The van der Waals surface area contributed by atoms with E-state index in [9.17, 15) is 31.1 Å². The Balaban J connectivity index is 2.08. The fourth-order valence-electron chi connectivity index (χ4n) is 2.33. The lowest BCUT2D eigenvalue weighted by molar-refractivity contribution is -0.141. The van der Waals surface area contributed by atoms with Gasteiger partial charge in [0.2, 0.25) is 0 Å². The number of nitrogens with zero attached hydrogens (tertiary/aromatic N) is 3. The molecule has 5 nitrogen and oxygen atoms in total. The van der Waals surface area contributed by atoms with Crippen molar-refractivity contribution in [3.05, 3.63) is 76.2 Å². The highest BCUT2D eigenvalue weighted by Gasteiger charge is 2.38. The molecule has 1 heterocycles. The number of aromatic nitrogens is 2. The summed E-state index contributed by atoms with van der Waals surface area (Å²) in [4.78, 5) is 12.4. The van der Waals surface area contributed by atoms with Gasteiger partial charge in [-0.25, -0.2) is 4.68 Å². The van der Waals surface area contributed by atoms with Crippen LogP contribution in [0.25, 0.3) is 5.69 Å². The van der Waals surface area contributed by atoms with Gasteiger partial charge in [-0.3, -0.25) is 9.89 Å². The van der Waals surface area contributed by atoms with Gasteiger partial charge in [-0.05, 0) is 30.3 Å². The zero-order chi connectivity index (χ0) is 20.5. The van der Waals surface area contributed by atoms with Gasteiger partial charge in [0.15, 0.2) is 11.4 Å². The van der Waals surface area contributed by atoms with Gasteiger partial charge in [0, 0.05) is 0 Å². The van der Waals surface area contributed by atoms with Gasteiger partial charge >= 0.3 is 12.4 Å². The van der Waals surface area contributed by atoms with Crippen molar-refractivity contribution in [2.75, 3.05) is 0 Å². The molecule has 0 atom stereocenters. The molecule has 0 fully saturated rings. The molecule has 3 rings (SSSR count). The summed E-state index contributed by atoms with van der Waals surface area (Å²) in [6.07, 6.45) is -9.61. The Morgan fingerprint density at radius 3 is 2.11 bits per heavy atom. The van der Waals surface area contributed by atoms with Gasteiger partial charge in [-0.2, -0.15) is 31.5 Å². The molecule has 1 aromatic heterocycles. The number of benzene rings is 2. The zero-order valence-electron chi connectivity index (χ0n) is 13.7. The van der Waals surface area contributed by atoms with E-state index in [1.165, 1.54) is 24.3 Å². The van der Waals surface area contributed by atoms with Crippen LogP contribution in [0.15, 0.2) is 69.6 Å². The first-order chi connectivity index (χ1) is 13.1. The van der Waals surface area contributed by atoms with E-state index in [2.05, 4.69) is 10.2 Å². The molecule has 1 N–H and O–H groups in total. The predicted octanol–water partition coefficient (Wildman–Crippen LogP) is 5.62. The third-order valence-electron chi connectivity index (χ3n) is 3.60. The number of alkyl halides is 6. The maximum Gasteiger partial charge on any atom is 0.435 e. The zero-order valence-corrected chi connectivity index (χ0v) is 13.7. The van der Waals surface area contributed by atoms with Crippen LogP contribution in [0.5, 0.6) is 0 Å². The van der Waals surface area contributed by atoms with Gasteiger partial charge in [-0.15, -0.1) is 5.11 Å². The molecular formula is C17H10F6N4O. The fourth-order valence-corrected chi connectivity index (χ4v) is 2.33. The molecule has 3 aromatic rings. The van der Waals surface area contributed by atoms with Gasteiger partial charge < -0.3 is 0 Å². The van der Waals surface area contributed by atoms with Crippen LogP contribution in [0.4, 0.5) is 37.7 Å². The van der Waals surface area contributed by atoms with Gasteiger partial charge in [0.25, 0.3) is 5.56 Å². The minimum absolute atomic E-state index is 0.124. The molecular weight excluding hydrogens is 390 g/mol. The molecule has 28 heavy (non-hydrogen) atoms. The van der Waals surface area contributed by atoms with Crippen LogP contribution in [-0.2, 0) is 12.4 Å². The Kier molecular flexibility index (Phi) is 4.84. The molecule has 11 heteroatoms. The van der Waals surface area contributed by atoms with Gasteiger partial charge in [-0.1, -0.05) is 24.3 Å². The largest absolute Gasteiger partial charge is 0.435 e. The summed E-state index contributed by atoms with van der Waals surface area (Å²) in [6.45, 7) is 0. The molecule has 146 valence electrons. The second-order valence-electron chi connectivity index (χ2n) is 5.56. The van der Waals surface area contributed by atoms with Crippen molar-refractivity contribution in [3.63, 3.8) is 0 Å². The molecule has 2 aromatic carbocycles. The van der Waals surface area contributed by atoms with Crippen LogP contribution >= 0.6 is 0 Å². The van der Waals surface area contributed by atoms with E-state index < -0.39 is 34.9 Å². The molecule has 0 saturated heterocycles. The van der Waals surface area contributed by atoms with E-state index in [1.807, 2.05) is 5.10 Å². The number of rotatable bonds is 3. The quantitative estimate of drug-likeness (QED) is 0.450. The molecule has 0 radical (unpaired) electrons. The topological polar surface area (TPSA) is 62.5 Å². The average molecular weight is 400 g/mol. The molecule has 0 saturated carbocycles. The predicted molar refractivity (Wildman–Crippen MR) is 87.0 cm³/mol. The van der Waals surface area contributed by atoms with E-state index in [1.54, 1.807) is 6.07 Å². The first kappa shape index (κ1) is 19.4. The highest BCUT2D eigenvalue weighted by molar-refractivity contribution is 5.47. The minimum Gasteiger partial charge on any atom is -0.284 e. The highest BCUT2D eigenvalue weighted by atomic mass is 19.4. The third-order valence-corrected chi connectivity index (χ3v) is 3.60. The van der Waals surface area contributed by atoms with Crippen molar-refractivity contribution in [1.82, 2.24) is 9.78 Å². The first-order valence-electron chi connectivity index (χ1n) is 7.64. The number of nitrogens with one attached hydrogen (secondary N) is 1. The van der Waals surface area contributed by atoms with E-state index in [0.717, 1.165) is 18.2 Å². The van der Waals surface area contributed by atoms with Crippen molar-refractivity contribution < 1.29 is 26.3 Å². The second-order valence-corrected chi connectivity index (χ2v) is 5.56. The molecule has 0 unspecified atom stereocenters. The van der Waals surface area contributed by atoms with Crippen molar-refractivity contribution in [1.29, 1.82) is 0 Å². The monoisotopic (exact) mass is 400 g/mol. The lowest BCUT2D eigenvalue weighted by atomic mass is 10.2. The van der Waals surface area contributed by atoms with Crippen LogP contribution in [0, 0.1) is 0 Å². The molecule has 0 amide bonds. The SMILES string of the molecule is O=c1c(N=Nc2cccc(C(F)(F)F)c2)c(C(F)(F)F)[nH]n1-c1ccccc1. The maximum absolute atomic E-state index is 13.3. The van der Waals surface area contributed by atoms with Crippen molar-refractivity contribution in [2.24, 2.45) is 10.2 Å². The summed E-state index contributed by atoms with van der Waals surface area (Å²) in [5.41, 5.74) is -4.94. The Morgan fingerprint density at radius 1 is 0.821 bits per heavy atom. The lowest BCUT2D eigenvalue weighted by Crippen LogP contribution is -2.13. The number of H-pyrrole nitrogens is 1. The molecule has 0 aliphatic heterocycles. The molecule has 0 spiro atoms. The summed E-state index contributed by atoms with van der Waals surface area (Å²) in [6, 6.07) is 11.0. The Labute approximate surface area is 152 Å². The second kappa shape index (κ2) is 6.98. The summed E-state index contributed by atoms with van der Waals surface area (Å²) in [5.74, 6) is 0. The standard InChI is InChI=1S/C17H10F6N4O/c18-16(19,20)10-5-4-6-11(9-10)24-25-13-14(17(21,22)23)26-27(15(13)28)12-7-2-1-3-8-12/h1-9,26H. The number of hydrogen-bond acceptors (Lipinski definition) is 3. The molecule has 0 bridgehead atoms. The Morgan fingerprint density at radius 2 is 1.50 bits per heavy atom. The van der Waals surface area contributed by atoms with Crippen molar-refractivity contribution in [3.8, 4) is 5.69 Å². The van der Waals surface area contributed by atoms with Crippen LogP contribution in [-0.4, -0.2) is 9.78 Å². The fraction of sp³-hybridized carbons (Fsp3) is 0.118. The number of para-hydroxylation sites is 1. The maximum atomic E-state index is 13.3. The lowest BCUT2D eigenvalue weighted by Gasteiger charge is -2.06. The molecule has 0 aliphatic rings. The summed E-state index contributed by atoms with van der Waals surface area (Å²) >= 11 is 0. The first-order valence-corrected chi connectivity index (χ1v) is 7.64. The van der Waals surface area contributed by atoms with Gasteiger partial charge in [0.05, 0.1) is 16.9 Å². The highest BCUT2D eigenvalue weighted by Crippen LogP contribution is 2.35. The van der Waals surface area contributed by atoms with Crippen LogP contribution < -0.4 is 5.56 Å². The smallest absolute Gasteiger partial charge is 0.284 e. The van der Waals surface area contributed by atoms with Crippen molar-refractivity contribution in [2.45, 2.75) is 12.4 Å². The van der Waals surface area contributed by atoms with E-state index in [0.29, 0.717) is 10.7 Å². The van der Waals surface area contributed by atoms with E-state index in [4.69, 9.17) is 0 Å². The van der Waals surface area contributed by atoms with E-state index in [-0.39, 0.29) is 11.4 Å². The van der Waals surface area contributed by atoms with Crippen LogP contribution in [0.1, 0.15) is 11.3 Å². The van der Waals surface area contributed by atoms with Gasteiger partial charge in [0.1, 0.15) is 0 Å². The minimum atomic E-state index is -4.96.